The molecule has 34 heavy (non-hydrogen) atoms. The van der Waals surface area contributed by atoms with Crippen molar-refractivity contribution in [1.29, 1.82) is 0 Å². The van der Waals surface area contributed by atoms with Crippen molar-refractivity contribution in [2.75, 3.05) is 23.7 Å². The molecule has 1 aliphatic carbocycles. The fourth-order valence-corrected chi connectivity index (χ4v) is 5.84. The first-order valence-electron chi connectivity index (χ1n) is 11.6. The van der Waals surface area contributed by atoms with Gasteiger partial charge in [-0.15, -0.1) is 0 Å². The van der Waals surface area contributed by atoms with Crippen LogP contribution in [0.4, 0.5) is 17.1 Å². The summed E-state index contributed by atoms with van der Waals surface area (Å²) in [6.07, 6.45) is 3.62. The number of rotatable bonds is 8. The maximum absolute atomic E-state index is 13.1. The molecule has 1 amide bonds. The second-order valence-electron chi connectivity index (χ2n) is 9.30. The van der Waals surface area contributed by atoms with Gasteiger partial charge in [0.2, 0.25) is 15.9 Å². The zero-order valence-corrected chi connectivity index (χ0v) is 20.2. The Morgan fingerprint density at radius 3 is 2.47 bits per heavy atom. The van der Waals surface area contributed by atoms with E-state index >= 15 is 0 Å². The molecule has 9 nitrogen and oxygen atoms in total. The number of carbonyl (C=O) groups is 1. The number of amides is 1. The minimum absolute atomic E-state index is 0.0311. The van der Waals surface area contributed by atoms with Crippen molar-refractivity contribution in [1.82, 2.24) is 4.31 Å². The maximum Gasteiger partial charge on any atom is 0.293 e. The summed E-state index contributed by atoms with van der Waals surface area (Å²) in [5.74, 6) is 0.406. The van der Waals surface area contributed by atoms with Gasteiger partial charge in [0, 0.05) is 36.8 Å². The highest BCUT2D eigenvalue weighted by Crippen LogP contribution is 2.33. The smallest absolute Gasteiger partial charge is 0.293 e. The lowest BCUT2D eigenvalue weighted by Gasteiger charge is -2.30. The molecular weight excluding hydrogens is 456 g/mol. The zero-order valence-electron chi connectivity index (χ0n) is 19.4. The molecule has 2 aromatic rings. The Morgan fingerprint density at radius 2 is 1.85 bits per heavy atom. The lowest BCUT2D eigenvalue weighted by molar-refractivity contribution is -0.384. The molecular formula is C24H30N4O5S. The number of nitro groups is 1. The molecule has 182 valence electrons. The molecule has 0 radical (unpaired) electrons. The average Bonchev–Trinajstić information content (AvgIpc) is 3.65. The second kappa shape index (κ2) is 9.71. The molecule has 4 rings (SSSR count). The summed E-state index contributed by atoms with van der Waals surface area (Å²) < 4.78 is 27.6. The Balaban J connectivity index is 1.50. The average molecular weight is 487 g/mol. The maximum atomic E-state index is 13.1. The van der Waals surface area contributed by atoms with Gasteiger partial charge in [0.15, 0.2) is 0 Å². The molecule has 2 N–H and O–H groups in total. The number of carbonyl (C=O) groups excluding carboxylic acids is 1. The van der Waals surface area contributed by atoms with Gasteiger partial charge in [-0.2, -0.15) is 4.31 Å². The lowest BCUT2D eigenvalue weighted by Crippen LogP contribution is -2.39. The molecule has 2 aromatic carbocycles. The van der Waals surface area contributed by atoms with E-state index in [9.17, 15) is 23.3 Å². The number of hydrogen-bond donors (Lipinski definition) is 2. The van der Waals surface area contributed by atoms with Gasteiger partial charge in [0.25, 0.3) is 5.69 Å². The molecule has 1 heterocycles. The molecule has 2 aliphatic rings. The third-order valence-electron chi connectivity index (χ3n) is 6.42. The third-order valence-corrected chi connectivity index (χ3v) is 8.28. The van der Waals surface area contributed by atoms with Gasteiger partial charge in [-0.05, 0) is 68.4 Å². The van der Waals surface area contributed by atoms with Crippen molar-refractivity contribution < 1.29 is 18.1 Å². The number of piperidine rings is 1. The molecule has 0 bridgehead atoms. The quantitative estimate of drug-likeness (QED) is 0.417. The monoisotopic (exact) mass is 486 g/mol. The number of sulfonamides is 1. The first-order valence-corrected chi connectivity index (χ1v) is 13.0. The van der Waals surface area contributed by atoms with Gasteiger partial charge in [-0.3, -0.25) is 14.9 Å². The Bertz CT molecular complexity index is 1180. The van der Waals surface area contributed by atoms with Crippen LogP contribution in [0.3, 0.4) is 0 Å². The van der Waals surface area contributed by atoms with E-state index < -0.39 is 14.9 Å². The molecule has 2 atom stereocenters. The Morgan fingerprint density at radius 1 is 1.15 bits per heavy atom. The molecule has 0 spiro atoms. The highest BCUT2D eigenvalue weighted by molar-refractivity contribution is 7.89. The summed E-state index contributed by atoms with van der Waals surface area (Å²) in [5, 5.41) is 17.8. The van der Waals surface area contributed by atoms with Crippen molar-refractivity contribution in [2.45, 2.75) is 50.5 Å². The van der Waals surface area contributed by atoms with Crippen LogP contribution in [0.15, 0.2) is 47.4 Å². The number of anilines is 2. The predicted molar refractivity (Wildman–Crippen MR) is 130 cm³/mol. The van der Waals surface area contributed by atoms with Gasteiger partial charge in [0.05, 0.1) is 9.82 Å². The summed E-state index contributed by atoms with van der Waals surface area (Å²) >= 11 is 0. The number of nitrogens with one attached hydrogen (secondary N) is 2. The first kappa shape index (κ1) is 24.2. The topological polar surface area (TPSA) is 122 Å². The normalized spacial score (nSPS) is 19.9. The Labute approximate surface area is 199 Å². The first-order chi connectivity index (χ1) is 16.1. The molecule has 0 aromatic heterocycles. The number of nitro benzene ring substituents is 1. The van der Waals surface area contributed by atoms with Crippen LogP contribution in [0.25, 0.3) is 0 Å². The number of nitrogens with zero attached hydrogens (tertiary/aromatic N) is 2. The summed E-state index contributed by atoms with van der Waals surface area (Å²) in [5.41, 5.74) is 1.54. The van der Waals surface area contributed by atoms with Crippen LogP contribution in [0.1, 0.15) is 51.1 Å². The highest BCUT2D eigenvalue weighted by atomic mass is 32.2. The van der Waals surface area contributed by atoms with E-state index in [1.165, 1.54) is 16.4 Å². The van der Waals surface area contributed by atoms with E-state index in [2.05, 4.69) is 10.6 Å². The molecule has 1 aliphatic heterocycles. The third kappa shape index (κ3) is 5.39. The molecule has 2 fully saturated rings. The fourth-order valence-electron chi connectivity index (χ4n) is 4.22. The molecule has 0 unspecified atom stereocenters. The predicted octanol–water partition coefficient (Wildman–Crippen LogP) is 4.54. The van der Waals surface area contributed by atoms with Crippen LogP contribution in [0.5, 0.6) is 0 Å². The standard InChI is InChI=1S/C24H30N4O5S/c1-16-4-3-13-27(15-16)34(32,33)21-11-12-22(23(14-21)28(30)31)25-17(2)18-7-9-20(10-8-18)26-24(29)19-5-6-19/h7-12,14,16-17,19,25H,3-6,13,15H2,1-2H3,(H,26,29)/t16-,17-/m1/s1. The van der Waals surface area contributed by atoms with Crippen LogP contribution in [-0.2, 0) is 14.8 Å². The van der Waals surface area contributed by atoms with Crippen molar-refractivity contribution in [3.63, 3.8) is 0 Å². The van der Waals surface area contributed by atoms with Crippen LogP contribution < -0.4 is 10.6 Å². The van der Waals surface area contributed by atoms with Crippen LogP contribution in [0, 0.1) is 22.0 Å². The minimum atomic E-state index is -3.80. The van der Waals surface area contributed by atoms with E-state index in [0.29, 0.717) is 18.8 Å². The van der Waals surface area contributed by atoms with Crippen LogP contribution in [0.2, 0.25) is 0 Å². The van der Waals surface area contributed by atoms with E-state index in [4.69, 9.17) is 0 Å². The van der Waals surface area contributed by atoms with Gasteiger partial charge < -0.3 is 10.6 Å². The minimum Gasteiger partial charge on any atom is -0.373 e. The summed E-state index contributed by atoms with van der Waals surface area (Å²) in [6, 6.07) is 11.0. The number of hydrogen-bond acceptors (Lipinski definition) is 6. The number of benzene rings is 2. The zero-order chi connectivity index (χ0) is 24.5. The molecule has 10 heteroatoms. The largest absolute Gasteiger partial charge is 0.373 e. The van der Waals surface area contributed by atoms with E-state index in [-0.39, 0.29) is 40.1 Å². The summed E-state index contributed by atoms with van der Waals surface area (Å²) in [7, 11) is -3.80. The summed E-state index contributed by atoms with van der Waals surface area (Å²) in [6.45, 7) is 4.71. The van der Waals surface area contributed by atoms with Crippen LogP contribution in [-0.4, -0.2) is 36.6 Å². The SMILES string of the molecule is C[C@@H]1CCCN(S(=O)(=O)c2ccc(N[C@H](C)c3ccc(NC(=O)C4CC4)cc3)c([N+](=O)[O-])c2)C1. The van der Waals surface area contributed by atoms with Gasteiger partial charge in [-0.1, -0.05) is 19.1 Å². The van der Waals surface area contributed by atoms with E-state index in [1.807, 2.05) is 26.0 Å². The van der Waals surface area contributed by atoms with Gasteiger partial charge >= 0.3 is 0 Å². The van der Waals surface area contributed by atoms with E-state index in [1.54, 1.807) is 12.1 Å². The van der Waals surface area contributed by atoms with Crippen molar-refractivity contribution >= 4 is 33.0 Å². The summed E-state index contributed by atoms with van der Waals surface area (Å²) in [4.78, 5) is 23.1. The lowest BCUT2D eigenvalue weighted by atomic mass is 10.0. The Kier molecular flexibility index (Phi) is 6.90. The van der Waals surface area contributed by atoms with Crippen molar-refractivity contribution in [3.05, 3.63) is 58.1 Å². The Hall–Kier alpha value is -2.98. The van der Waals surface area contributed by atoms with Gasteiger partial charge in [0.1, 0.15) is 5.69 Å². The van der Waals surface area contributed by atoms with E-state index in [0.717, 1.165) is 37.3 Å². The molecule has 1 saturated heterocycles. The van der Waals surface area contributed by atoms with Crippen molar-refractivity contribution in [2.24, 2.45) is 11.8 Å². The van der Waals surface area contributed by atoms with Gasteiger partial charge in [-0.25, -0.2) is 8.42 Å². The highest BCUT2D eigenvalue weighted by Gasteiger charge is 2.31. The second-order valence-corrected chi connectivity index (χ2v) is 11.2. The van der Waals surface area contributed by atoms with Crippen LogP contribution >= 0.6 is 0 Å². The molecule has 1 saturated carbocycles. The fraction of sp³-hybridized carbons (Fsp3) is 0.458. The van der Waals surface area contributed by atoms with Crippen molar-refractivity contribution in [3.8, 4) is 0 Å².